The van der Waals surface area contributed by atoms with Crippen molar-refractivity contribution in [1.29, 1.82) is 0 Å². The monoisotopic (exact) mass is 576 g/mol. The lowest BCUT2D eigenvalue weighted by Gasteiger charge is -2.33. The van der Waals surface area contributed by atoms with Crippen LogP contribution in [0.1, 0.15) is 78.9 Å². The van der Waals surface area contributed by atoms with E-state index in [9.17, 15) is 32.7 Å². The van der Waals surface area contributed by atoms with Crippen molar-refractivity contribution in [2.45, 2.75) is 58.7 Å². The van der Waals surface area contributed by atoms with E-state index >= 15 is 0 Å². The highest BCUT2D eigenvalue weighted by atomic mass is 35.5. The Balaban J connectivity index is 1.96. The van der Waals surface area contributed by atoms with Crippen LogP contribution in [0, 0.1) is 17.8 Å². The van der Waals surface area contributed by atoms with Crippen LogP contribution in [0.25, 0.3) is 0 Å². The summed E-state index contributed by atoms with van der Waals surface area (Å²) in [6.45, 7) is 4.93. The lowest BCUT2D eigenvalue weighted by Crippen LogP contribution is -2.38. The van der Waals surface area contributed by atoms with Gasteiger partial charge in [-0.25, -0.2) is 0 Å². The van der Waals surface area contributed by atoms with E-state index in [0.29, 0.717) is 6.42 Å². The topological polar surface area (TPSA) is 105 Å². The second-order valence-electron chi connectivity index (χ2n) is 10.0. The lowest BCUT2D eigenvalue weighted by atomic mass is 9.78. The average Bonchev–Trinajstić information content (AvgIpc) is 3.26. The van der Waals surface area contributed by atoms with E-state index in [2.05, 4.69) is 10.1 Å². The molecule has 0 aromatic carbocycles. The Morgan fingerprint density at radius 3 is 2.32 bits per heavy atom. The van der Waals surface area contributed by atoms with Gasteiger partial charge in [-0.1, -0.05) is 44.0 Å². The SMILES string of the molecule is CC(C)CCN(CC(=O)c1c(Cl)cncc1Cl)C(=O)c1cnn([C@H]2CCC(C(=O)O)[C@H](C)C2)c1C(F)(F)F. The first-order valence-electron chi connectivity index (χ1n) is 12.2. The summed E-state index contributed by atoms with van der Waals surface area (Å²) in [7, 11) is 0. The van der Waals surface area contributed by atoms with Crippen molar-refractivity contribution < 1.29 is 32.7 Å². The van der Waals surface area contributed by atoms with Gasteiger partial charge in [0.1, 0.15) is 0 Å². The second-order valence-corrected chi connectivity index (χ2v) is 10.9. The summed E-state index contributed by atoms with van der Waals surface area (Å²) in [4.78, 5) is 42.9. The number of amides is 1. The molecular formula is C25H29Cl2F3N4O4. The molecule has 3 atom stereocenters. The van der Waals surface area contributed by atoms with Gasteiger partial charge in [0.25, 0.3) is 5.91 Å². The minimum Gasteiger partial charge on any atom is -0.481 e. The zero-order chi connectivity index (χ0) is 28.4. The van der Waals surface area contributed by atoms with Crippen LogP contribution in [0.5, 0.6) is 0 Å². The zero-order valence-electron chi connectivity index (χ0n) is 21.1. The fourth-order valence-electron chi connectivity index (χ4n) is 4.80. The van der Waals surface area contributed by atoms with Gasteiger partial charge in [0, 0.05) is 18.9 Å². The van der Waals surface area contributed by atoms with Crippen molar-refractivity contribution in [1.82, 2.24) is 19.7 Å². The fourth-order valence-corrected chi connectivity index (χ4v) is 5.38. The largest absolute Gasteiger partial charge is 0.481 e. The van der Waals surface area contributed by atoms with Crippen molar-refractivity contribution >= 4 is 40.9 Å². The molecule has 8 nitrogen and oxygen atoms in total. The normalized spacial score (nSPS) is 20.0. The van der Waals surface area contributed by atoms with Crippen molar-refractivity contribution in [3.63, 3.8) is 0 Å². The van der Waals surface area contributed by atoms with Crippen LogP contribution in [0.4, 0.5) is 13.2 Å². The molecule has 208 valence electrons. The number of pyridine rings is 1. The predicted molar refractivity (Wildman–Crippen MR) is 134 cm³/mol. The number of ketones is 1. The molecule has 1 aliphatic carbocycles. The van der Waals surface area contributed by atoms with E-state index in [4.69, 9.17) is 23.2 Å². The molecular weight excluding hydrogens is 548 g/mol. The Kier molecular flexibility index (Phi) is 9.46. The molecule has 2 aromatic heterocycles. The number of carboxylic acid groups (broad SMARTS) is 1. The molecule has 0 aliphatic heterocycles. The first-order valence-corrected chi connectivity index (χ1v) is 13.0. The van der Waals surface area contributed by atoms with E-state index in [1.165, 1.54) is 12.4 Å². The number of aromatic nitrogens is 3. The molecule has 0 bridgehead atoms. The number of rotatable bonds is 9. The number of carboxylic acids is 1. The molecule has 1 unspecified atom stereocenters. The van der Waals surface area contributed by atoms with Gasteiger partial charge in [-0.2, -0.15) is 18.3 Å². The van der Waals surface area contributed by atoms with Crippen LogP contribution in [0.3, 0.4) is 0 Å². The molecule has 2 aromatic rings. The van der Waals surface area contributed by atoms with Crippen molar-refractivity contribution in [3.05, 3.63) is 45.5 Å². The number of carbonyl (C=O) groups excluding carboxylic acids is 2. The van der Waals surface area contributed by atoms with Gasteiger partial charge in [0.2, 0.25) is 0 Å². The summed E-state index contributed by atoms with van der Waals surface area (Å²) in [5, 5.41) is 13.2. The summed E-state index contributed by atoms with van der Waals surface area (Å²) in [5.74, 6) is -3.54. The minimum absolute atomic E-state index is 0.0196. The molecule has 3 rings (SSSR count). The molecule has 1 aliphatic rings. The van der Waals surface area contributed by atoms with Gasteiger partial charge in [0.05, 0.1) is 45.9 Å². The lowest BCUT2D eigenvalue weighted by molar-refractivity contribution is -0.149. The Morgan fingerprint density at radius 1 is 1.16 bits per heavy atom. The number of aliphatic carboxylic acids is 1. The summed E-state index contributed by atoms with van der Waals surface area (Å²) in [5.41, 5.74) is -1.95. The number of halogens is 5. The summed E-state index contributed by atoms with van der Waals surface area (Å²) in [6, 6.07) is -0.723. The van der Waals surface area contributed by atoms with Crippen LogP contribution < -0.4 is 0 Å². The van der Waals surface area contributed by atoms with E-state index in [1.54, 1.807) is 6.92 Å². The number of carbonyl (C=O) groups is 3. The molecule has 1 fully saturated rings. The third-order valence-corrected chi connectivity index (χ3v) is 7.40. The maximum absolute atomic E-state index is 14.3. The van der Waals surface area contributed by atoms with Gasteiger partial charge in [-0.05, 0) is 37.5 Å². The zero-order valence-corrected chi connectivity index (χ0v) is 22.6. The van der Waals surface area contributed by atoms with E-state index in [-0.39, 0.29) is 53.3 Å². The van der Waals surface area contributed by atoms with Crippen LogP contribution in [-0.2, 0) is 11.0 Å². The molecule has 2 heterocycles. The maximum Gasteiger partial charge on any atom is 0.433 e. The quantitative estimate of drug-likeness (QED) is 0.365. The Morgan fingerprint density at radius 2 is 1.79 bits per heavy atom. The number of hydrogen-bond acceptors (Lipinski definition) is 5. The molecule has 0 spiro atoms. The van der Waals surface area contributed by atoms with Gasteiger partial charge in [-0.3, -0.25) is 24.0 Å². The number of hydrogen-bond donors (Lipinski definition) is 1. The van der Waals surface area contributed by atoms with Gasteiger partial charge in [-0.15, -0.1) is 0 Å². The van der Waals surface area contributed by atoms with Gasteiger partial charge in [0.15, 0.2) is 11.5 Å². The van der Waals surface area contributed by atoms with Crippen LogP contribution >= 0.6 is 23.2 Å². The van der Waals surface area contributed by atoms with Crippen LogP contribution in [-0.4, -0.2) is 55.5 Å². The number of Topliss-reactive ketones (excluding diaryl/α,β-unsaturated/α-hetero) is 1. The van der Waals surface area contributed by atoms with Crippen LogP contribution in [0.2, 0.25) is 10.0 Å². The van der Waals surface area contributed by atoms with Crippen LogP contribution in [0.15, 0.2) is 18.6 Å². The first kappa shape index (κ1) is 29.9. The molecule has 1 saturated carbocycles. The smallest absolute Gasteiger partial charge is 0.433 e. The standard InChI is InChI=1S/C25H29Cl2F3N4O4/c1-13(2)6-7-33(12-20(35)21-18(26)10-31-11-19(21)27)23(36)17-9-32-34(22(17)25(28,29)30)15-4-5-16(24(37)38)14(3)8-15/h9-11,13-16H,4-8,12H2,1-3H3,(H,37,38)/t14-,15+,16?/m1/s1. The third kappa shape index (κ3) is 6.66. The molecule has 0 radical (unpaired) electrons. The van der Waals surface area contributed by atoms with Crippen molar-refractivity contribution in [2.24, 2.45) is 17.8 Å². The van der Waals surface area contributed by atoms with E-state index in [0.717, 1.165) is 15.8 Å². The third-order valence-electron chi connectivity index (χ3n) is 6.83. The summed E-state index contributed by atoms with van der Waals surface area (Å²) >= 11 is 12.2. The van der Waals surface area contributed by atoms with Gasteiger partial charge >= 0.3 is 12.1 Å². The van der Waals surface area contributed by atoms with E-state index < -0.39 is 53.6 Å². The molecule has 1 N–H and O–H groups in total. The average molecular weight is 577 g/mol. The second kappa shape index (κ2) is 12.0. The fraction of sp³-hybridized carbons (Fsp3) is 0.560. The molecule has 0 saturated heterocycles. The number of nitrogens with zero attached hydrogens (tertiary/aromatic N) is 4. The van der Waals surface area contributed by atoms with E-state index in [1.807, 2.05) is 13.8 Å². The highest BCUT2D eigenvalue weighted by Gasteiger charge is 2.44. The maximum atomic E-state index is 14.3. The first-order chi connectivity index (χ1) is 17.7. The molecule has 1 amide bonds. The minimum atomic E-state index is -4.92. The van der Waals surface area contributed by atoms with Gasteiger partial charge < -0.3 is 10.0 Å². The summed E-state index contributed by atoms with van der Waals surface area (Å²) < 4.78 is 43.8. The van der Waals surface area contributed by atoms with Crippen molar-refractivity contribution in [2.75, 3.05) is 13.1 Å². The Bertz CT molecular complexity index is 1180. The molecule has 38 heavy (non-hydrogen) atoms. The Labute approximate surface area is 228 Å². The number of alkyl halides is 3. The highest BCUT2D eigenvalue weighted by molar-refractivity contribution is 6.39. The molecule has 13 heteroatoms. The Hall–Kier alpha value is -2.66. The predicted octanol–water partition coefficient (Wildman–Crippen LogP) is 6.04. The van der Waals surface area contributed by atoms with Crippen molar-refractivity contribution in [3.8, 4) is 0 Å². The summed E-state index contributed by atoms with van der Waals surface area (Å²) in [6.07, 6.45) is -0.636. The highest BCUT2D eigenvalue weighted by Crippen LogP contribution is 2.41.